The minimum absolute atomic E-state index is 0.196. The third-order valence-electron chi connectivity index (χ3n) is 1.90. The van der Waals surface area contributed by atoms with Gasteiger partial charge < -0.3 is 0 Å². The van der Waals surface area contributed by atoms with E-state index in [0.29, 0.717) is 25.4 Å². The highest BCUT2D eigenvalue weighted by molar-refractivity contribution is 7.99. The Hall–Kier alpha value is 0.550. The van der Waals surface area contributed by atoms with Gasteiger partial charge in [0.15, 0.2) is 0 Å². The van der Waals surface area contributed by atoms with Crippen LogP contribution in [0.15, 0.2) is 0 Å². The van der Waals surface area contributed by atoms with Crippen molar-refractivity contribution >= 4 is 33.4 Å². The van der Waals surface area contributed by atoms with Gasteiger partial charge in [-0.2, -0.15) is 11.8 Å². The van der Waals surface area contributed by atoms with Crippen LogP contribution in [0.4, 0.5) is 0 Å². The Balaban J connectivity index is 2.47. The summed E-state index contributed by atoms with van der Waals surface area (Å²) in [6.07, 6.45) is 0.549. The summed E-state index contributed by atoms with van der Waals surface area (Å²) < 4.78 is 24.8. The van der Waals surface area contributed by atoms with Gasteiger partial charge in [-0.1, -0.05) is 0 Å². The minimum Gasteiger partial charge on any atom is -0.212 e. The molecule has 0 amide bonds. The number of alkyl halides is 1. The molecule has 0 aromatic rings. The maximum absolute atomic E-state index is 11.6. The summed E-state index contributed by atoms with van der Waals surface area (Å²) in [5.41, 5.74) is 0. The van der Waals surface area contributed by atoms with Gasteiger partial charge in [0.1, 0.15) is 0 Å². The summed E-state index contributed by atoms with van der Waals surface area (Å²) in [6, 6.07) is 0. The van der Waals surface area contributed by atoms with Crippen molar-refractivity contribution in [1.29, 1.82) is 0 Å². The molecule has 0 aromatic heterocycles. The van der Waals surface area contributed by atoms with Crippen LogP contribution in [0.5, 0.6) is 0 Å². The van der Waals surface area contributed by atoms with Crippen LogP contribution in [0.1, 0.15) is 6.42 Å². The Kier molecular flexibility index (Phi) is 4.86. The molecule has 0 aromatic carbocycles. The molecule has 0 aliphatic carbocycles. The fraction of sp³-hybridized carbons (Fsp3) is 1.00. The molecule has 1 heterocycles. The highest BCUT2D eigenvalue weighted by Crippen LogP contribution is 2.13. The molecular formula is C7H14ClNO2S2. The van der Waals surface area contributed by atoms with Crippen molar-refractivity contribution in [2.24, 2.45) is 0 Å². The van der Waals surface area contributed by atoms with Gasteiger partial charge in [-0.15, -0.1) is 11.6 Å². The highest BCUT2D eigenvalue weighted by atomic mass is 35.5. The molecular weight excluding hydrogens is 230 g/mol. The Labute approximate surface area is 88.9 Å². The average Bonchev–Trinajstić information content (AvgIpc) is 2.16. The lowest BCUT2D eigenvalue weighted by Gasteiger charge is -2.25. The van der Waals surface area contributed by atoms with Gasteiger partial charge in [0.25, 0.3) is 0 Å². The first kappa shape index (κ1) is 11.6. The van der Waals surface area contributed by atoms with E-state index in [9.17, 15) is 8.42 Å². The summed E-state index contributed by atoms with van der Waals surface area (Å²) in [7, 11) is -3.01. The van der Waals surface area contributed by atoms with E-state index in [-0.39, 0.29) is 5.75 Å². The van der Waals surface area contributed by atoms with Crippen LogP contribution in [-0.4, -0.2) is 49.0 Å². The predicted octanol–water partition coefficient (Wildman–Crippen LogP) is 0.994. The molecule has 6 heteroatoms. The van der Waals surface area contributed by atoms with Crippen LogP contribution in [0, 0.1) is 0 Å². The van der Waals surface area contributed by atoms with Gasteiger partial charge in [-0.3, -0.25) is 0 Å². The van der Waals surface area contributed by atoms with Crippen molar-refractivity contribution in [3.63, 3.8) is 0 Å². The summed E-state index contributed by atoms with van der Waals surface area (Å²) in [5, 5.41) is 0. The molecule has 3 nitrogen and oxygen atoms in total. The standard InChI is InChI=1S/C7H14ClNO2S2/c8-2-1-7-13(10,11)9-3-5-12-6-4-9/h1-7H2. The van der Waals surface area contributed by atoms with E-state index in [1.165, 1.54) is 0 Å². The molecule has 0 atom stereocenters. The second-order valence-electron chi connectivity index (χ2n) is 2.87. The average molecular weight is 244 g/mol. The fourth-order valence-electron chi connectivity index (χ4n) is 1.19. The maximum Gasteiger partial charge on any atom is 0.214 e. The van der Waals surface area contributed by atoms with Crippen molar-refractivity contribution in [3.05, 3.63) is 0 Å². The first-order valence-electron chi connectivity index (χ1n) is 4.28. The van der Waals surface area contributed by atoms with Crippen LogP contribution in [0.25, 0.3) is 0 Å². The molecule has 78 valence electrons. The molecule has 0 unspecified atom stereocenters. The first-order chi connectivity index (χ1) is 6.17. The van der Waals surface area contributed by atoms with Gasteiger partial charge in [0, 0.05) is 30.5 Å². The van der Waals surface area contributed by atoms with E-state index in [0.717, 1.165) is 11.5 Å². The van der Waals surface area contributed by atoms with E-state index in [1.54, 1.807) is 16.1 Å². The van der Waals surface area contributed by atoms with Gasteiger partial charge in [-0.25, -0.2) is 12.7 Å². The molecule has 1 aliphatic rings. The Morgan fingerprint density at radius 1 is 1.31 bits per heavy atom. The summed E-state index contributed by atoms with van der Waals surface area (Å²) in [6.45, 7) is 1.32. The maximum atomic E-state index is 11.6. The normalized spacial score (nSPS) is 20.4. The Morgan fingerprint density at radius 2 is 1.92 bits per heavy atom. The lowest BCUT2D eigenvalue weighted by molar-refractivity contribution is 0.443. The first-order valence-corrected chi connectivity index (χ1v) is 7.58. The smallest absolute Gasteiger partial charge is 0.212 e. The van der Waals surface area contributed by atoms with Crippen molar-refractivity contribution in [2.75, 3.05) is 36.2 Å². The van der Waals surface area contributed by atoms with Crippen LogP contribution in [0.2, 0.25) is 0 Å². The second-order valence-corrected chi connectivity index (χ2v) is 6.56. The van der Waals surface area contributed by atoms with Gasteiger partial charge in [0.2, 0.25) is 10.0 Å². The lowest BCUT2D eigenvalue weighted by Crippen LogP contribution is -2.39. The third kappa shape index (κ3) is 3.65. The van der Waals surface area contributed by atoms with Crippen molar-refractivity contribution in [1.82, 2.24) is 4.31 Å². The molecule has 1 aliphatic heterocycles. The largest absolute Gasteiger partial charge is 0.214 e. The predicted molar refractivity (Wildman–Crippen MR) is 58.0 cm³/mol. The fourth-order valence-corrected chi connectivity index (χ4v) is 4.12. The molecule has 0 bridgehead atoms. The van der Waals surface area contributed by atoms with Gasteiger partial charge in [0.05, 0.1) is 5.75 Å². The zero-order valence-electron chi connectivity index (χ0n) is 7.41. The van der Waals surface area contributed by atoms with Gasteiger partial charge in [-0.05, 0) is 6.42 Å². The molecule has 1 fully saturated rings. The minimum atomic E-state index is -3.01. The molecule has 13 heavy (non-hydrogen) atoms. The Morgan fingerprint density at radius 3 is 2.46 bits per heavy atom. The van der Waals surface area contributed by atoms with Crippen molar-refractivity contribution in [2.45, 2.75) is 6.42 Å². The molecule has 1 saturated heterocycles. The lowest BCUT2D eigenvalue weighted by atomic mass is 10.6. The topological polar surface area (TPSA) is 37.4 Å². The van der Waals surface area contributed by atoms with Crippen molar-refractivity contribution in [3.8, 4) is 0 Å². The monoisotopic (exact) mass is 243 g/mol. The number of halogens is 1. The van der Waals surface area contributed by atoms with Crippen molar-refractivity contribution < 1.29 is 8.42 Å². The van der Waals surface area contributed by atoms with E-state index in [2.05, 4.69) is 0 Å². The third-order valence-corrected chi connectivity index (χ3v) is 5.07. The highest BCUT2D eigenvalue weighted by Gasteiger charge is 2.22. The second kappa shape index (κ2) is 5.44. The SMILES string of the molecule is O=S(=O)(CCCCl)N1CCSCC1. The number of nitrogens with zero attached hydrogens (tertiary/aromatic N) is 1. The molecule has 0 N–H and O–H groups in total. The summed E-state index contributed by atoms with van der Waals surface area (Å²) in [4.78, 5) is 0. The molecule has 0 spiro atoms. The quantitative estimate of drug-likeness (QED) is 0.692. The molecule has 1 rings (SSSR count). The van der Waals surface area contributed by atoms with Crippen LogP contribution < -0.4 is 0 Å². The van der Waals surface area contributed by atoms with E-state index >= 15 is 0 Å². The van der Waals surface area contributed by atoms with Gasteiger partial charge >= 0.3 is 0 Å². The number of thioether (sulfide) groups is 1. The molecule has 0 radical (unpaired) electrons. The summed E-state index contributed by atoms with van der Waals surface area (Å²) >= 11 is 7.27. The molecule has 0 saturated carbocycles. The van der Waals surface area contributed by atoms with Crippen LogP contribution >= 0.6 is 23.4 Å². The zero-order chi connectivity index (χ0) is 9.73. The zero-order valence-corrected chi connectivity index (χ0v) is 9.80. The van der Waals surface area contributed by atoms with E-state index in [1.807, 2.05) is 0 Å². The van der Waals surface area contributed by atoms with E-state index in [4.69, 9.17) is 11.6 Å². The van der Waals surface area contributed by atoms with Crippen LogP contribution in [-0.2, 0) is 10.0 Å². The number of hydrogen-bond donors (Lipinski definition) is 0. The number of sulfonamides is 1. The number of rotatable bonds is 4. The number of hydrogen-bond acceptors (Lipinski definition) is 3. The van der Waals surface area contributed by atoms with Crippen LogP contribution in [0.3, 0.4) is 0 Å². The van der Waals surface area contributed by atoms with E-state index < -0.39 is 10.0 Å². The Bertz CT molecular complexity index is 237. The summed E-state index contributed by atoms with van der Waals surface area (Å²) in [5.74, 6) is 2.45.